The van der Waals surface area contributed by atoms with Gasteiger partial charge in [-0.2, -0.15) is 0 Å². The summed E-state index contributed by atoms with van der Waals surface area (Å²) in [6, 6.07) is 18.1. The Bertz CT molecular complexity index is 752. The molecule has 0 unspecified atom stereocenters. The van der Waals surface area contributed by atoms with Crippen LogP contribution in [-0.2, 0) is 6.42 Å². The summed E-state index contributed by atoms with van der Waals surface area (Å²) < 4.78 is 0. The Hall–Kier alpha value is -2.46. The number of likely N-dealkylation sites (tertiary alicyclic amines) is 1. The SMILES string of the molecule is O=C1c2ccccc2C(=O)N1CCN1CCC[C@@H]1Cc1ccccc1. The molecule has 1 atom stereocenters. The van der Waals surface area contributed by atoms with Crippen molar-refractivity contribution in [3.63, 3.8) is 0 Å². The minimum atomic E-state index is -0.153. The fraction of sp³-hybridized carbons (Fsp3) is 0.333. The van der Waals surface area contributed by atoms with Crippen molar-refractivity contribution in [1.29, 1.82) is 0 Å². The molecule has 4 heteroatoms. The highest BCUT2D eigenvalue weighted by molar-refractivity contribution is 6.21. The Kier molecular flexibility index (Phi) is 4.36. The number of imide groups is 1. The average molecular weight is 334 g/mol. The normalized spacial score (nSPS) is 20.3. The van der Waals surface area contributed by atoms with Crippen molar-refractivity contribution in [3.8, 4) is 0 Å². The van der Waals surface area contributed by atoms with Crippen molar-refractivity contribution in [3.05, 3.63) is 71.3 Å². The van der Waals surface area contributed by atoms with E-state index in [1.54, 1.807) is 12.1 Å². The van der Waals surface area contributed by atoms with Crippen LogP contribution >= 0.6 is 0 Å². The summed E-state index contributed by atoms with van der Waals surface area (Å²) in [4.78, 5) is 28.8. The van der Waals surface area contributed by atoms with Crippen LogP contribution in [0.2, 0.25) is 0 Å². The number of carbonyl (C=O) groups is 2. The summed E-state index contributed by atoms with van der Waals surface area (Å²) in [6.07, 6.45) is 3.39. The van der Waals surface area contributed by atoms with E-state index in [-0.39, 0.29) is 11.8 Å². The van der Waals surface area contributed by atoms with Crippen LogP contribution in [0.25, 0.3) is 0 Å². The van der Waals surface area contributed by atoms with Crippen molar-refractivity contribution in [1.82, 2.24) is 9.80 Å². The van der Waals surface area contributed by atoms with Gasteiger partial charge >= 0.3 is 0 Å². The van der Waals surface area contributed by atoms with Gasteiger partial charge in [0, 0.05) is 19.1 Å². The van der Waals surface area contributed by atoms with E-state index < -0.39 is 0 Å². The van der Waals surface area contributed by atoms with Gasteiger partial charge in [-0.1, -0.05) is 42.5 Å². The third-order valence-corrected chi connectivity index (χ3v) is 5.30. The summed E-state index contributed by atoms with van der Waals surface area (Å²) in [5, 5.41) is 0. The lowest BCUT2D eigenvalue weighted by Crippen LogP contribution is -2.40. The maximum Gasteiger partial charge on any atom is 0.261 e. The van der Waals surface area contributed by atoms with Gasteiger partial charge in [0.15, 0.2) is 0 Å². The van der Waals surface area contributed by atoms with E-state index >= 15 is 0 Å². The Labute approximate surface area is 148 Å². The van der Waals surface area contributed by atoms with Gasteiger partial charge in [0.05, 0.1) is 11.1 Å². The van der Waals surface area contributed by atoms with Crippen LogP contribution in [0.3, 0.4) is 0 Å². The highest BCUT2D eigenvalue weighted by Crippen LogP contribution is 2.24. The number of carbonyl (C=O) groups excluding carboxylic acids is 2. The van der Waals surface area contributed by atoms with Gasteiger partial charge in [-0.15, -0.1) is 0 Å². The molecule has 0 aromatic heterocycles. The Morgan fingerprint density at radius 3 is 2.16 bits per heavy atom. The third kappa shape index (κ3) is 3.10. The quantitative estimate of drug-likeness (QED) is 0.789. The second-order valence-corrected chi connectivity index (χ2v) is 6.83. The molecule has 2 aliphatic rings. The predicted octanol–water partition coefficient (Wildman–Crippen LogP) is 2.99. The number of benzene rings is 2. The van der Waals surface area contributed by atoms with Crippen molar-refractivity contribution in [2.75, 3.05) is 19.6 Å². The maximum absolute atomic E-state index is 12.5. The molecule has 25 heavy (non-hydrogen) atoms. The highest BCUT2D eigenvalue weighted by Gasteiger charge is 2.35. The van der Waals surface area contributed by atoms with Gasteiger partial charge < -0.3 is 0 Å². The lowest BCUT2D eigenvalue weighted by molar-refractivity contribution is 0.0633. The molecule has 128 valence electrons. The van der Waals surface area contributed by atoms with Gasteiger partial charge in [0.1, 0.15) is 0 Å². The summed E-state index contributed by atoms with van der Waals surface area (Å²) in [6.45, 7) is 2.27. The Balaban J connectivity index is 1.40. The van der Waals surface area contributed by atoms with Crippen LogP contribution in [0.4, 0.5) is 0 Å². The van der Waals surface area contributed by atoms with E-state index in [9.17, 15) is 9.59 Å². The van der Waals surface area contributed by atoms with Crippen LogP contribution in [0.5, 0.6) is 0 Å². The van der Waals surface area contributed by atoms with Crippen LogP contribution < -0.4 is 0 Å². The number of rotatable bonds is 5. The van der Waals surface area contributed by atoms with Gasteiger partial charge in [-0.3, -0.25) is 19.4 Å². The molecule has 0 bridgehead atoms. The molecule has 0 aliphatic carbocycles. The third-order valence-electron chi connectivity index (χ3n) is 5.30. The second kappa shape index (κ2) is 6.81. The molecule has 0 N–H and O–H groups in total. The molecular weight excluding hydrogens is 312 g/mol. The van der Waals surface area contributed by atoms with Crippen LogP contribution in [0, 0.1) is 0 Å². The minimum absolute atomic E-state index is 0.153. The first-order valence-corrected chi connectivity index (χ1v) is 8.97. The monoisotopic (exact) mass is 334 g/mol. The molecule has 4 rings (SSSR count). The number of amides is 2. The van der Waals surface area contributed by atoms with Crippen molar-refractivity contribution < 1.29 is 9.59 Å². The number of nitrogens with zero attached hydrogens (tertiary/aromatic N) is 2. The van der Waals surface area contributed by atoms with E-state index in [2.05, 4.69) is 29.2 Å². The van der Waals surface area contributed by atoms with Crippen LogP contribution in [-0.4, -0.2) is 47.3 Å². The van der Waals surface area contributed by atoms with E-state index in [4.69, 9.17) is 0 Å². The first kappa shape index (κ1) is 16.0. The van der Waals surface area contributed by atoms with Gasteiger partial charge in [-0.05, 0) is 43.5 Å². The zero-order chi connectivity index (χ0) is 17.2. The van der Waals surface area contributed by atoms with Crippen LogP contribution in [0.1, 0.15) is 39.1 Å². The van der Waals surface area contributed by atoms with E-state index in [1.807, 2.05) is 18.2 Å². The second-order valence-electron chi connectivity index (χ2n) is 6.83. The van der Waals surface area contributed by atoms with Crippen molar-refractivity contribution >= 4 is 11.8 Å². The predicted molar refractivity (Wildman–Crippen MR) is 96.6 cm³/mol. The Morgan fingerprint density at radius 1 is 0.840 bits per heavy atom. The topological polar surface area (TPSA) is 40.6 Å². The largest absolute Gasteiger partial charge is 0.298 e. The van der Waals surface area contributed by atoms with E-state index in [0.717, 1.165) is 19.5 Å². The summed E-state index contributed by atoms with van der Waals surface area (Å²) in [7, 11) is 0. The smallest absolute Gasteiger partial charge is 0.261 e. The van der Waals surface area contributed by atoms with Crippen LogP contribution in [0.15, 0.2) is 54.6 Å². The molecule has 4 nitrogen and oxygen atoms in total. The van der Waals surface area contributed by atoms with Crippen molar-refractivity contribution in [2.24, 2.45) is 0 Å². The molecule has 2 aliphatic heterocycles. The number of fused-ring (bicyclic) bond motifs is 1. The zero-order valence-electron chi connectivity index (χ0n) is 14.2. The average Bonchev–Trinajstić information content (AvgIpc) is 3.18. The van der Waals surface area contributed by atoms with E-state index in [0.29, 0.717) is 23.7 Å². The fourth-order valence-electron chi connectivity index (χ4n) is 3.98. The molecule has 2 amide bonds. The van der Waals surface area contributed by atoms with Crippen molar-refractivity contribution in [2.45, 2.75) is 25.3 Å². The molecule has 2 aromatic carbocycles. The lowest BCUT2D eigenvalue weighted by atomic mass is 10.0. The maximum atomic E-state index is 12.5. The van der Waals surface area contributed by atoms with E-state index in [1.165, 1.54) is 23.3 Å². The summed E-state index contributed by atoms with van der Waals surface area (Å²) >= 11 is 0. The standard InChI is InChI=1S/C21H22N2O2/c24-20-18-10-4-5-11-19(18)21(25)23(20)14-13-22-12-6-9-17(22)15-16-7-2-1-3-8-16/h1-5,7-8,10-11,17H,6,9,12-15H2/t17-/m1/s1. The molecule has 1 saturated heterocycles. The number of hydrogen-bond acceptors (Lipinski definition) is 3. The Morgan fingerprint density at radius 2 is 1.48 bits per heavy atom. The first-order chi connectivity index (χ1) is 12.2. The zero-order valence-corrected chi connectivity index (χ0v) is 14.2. The molecule has 2 aromatic rings. The van der Waals surface area contributed by atoms with Gasteiger partial charge in [-0.25, -0.2) is 0 Å². The molecule has 2 heterocycles. The number of hydrogen-bond donors (Lipinski definition) is 0. The first-order valence-electron chi connectivity index (χ1n) is 8.97. The van der Waals surface area contributed by atoms with Gasteiger partial charge in [0.25, 0.3) is 11.8 Å². The summed E-state index contributed by atoms with van der Waals surface area (Å²) in [5.41, 5.74) is 2.42. The minimum Gasteiger partial charge on any atom is -0.298 e. The molecule has 0 radical (unpaired) electrons. The molecule has 0 saturated carbocycles. The molecular formula is C21H22N2O2. The molecule has 0 spiro atoms. The van der Waals surface area contributed by atoms with Gasteiger partial charge in [0.2, 0.25) is 0 Å². The highest BCUT2D eigenvalue weighted by atomic mass is 16.2. The molecule has 1 fully saturated rings. The lowest BCUT2D eigenvalue weighted by Gasteiger charge is -2.26. The fourth-order valence-corrected chi connectivity index (χ4v) is 3.98. The summed E-state index contributed by atoms with van der Waals surface area (Å²) in [5.74, 6) is -0.307.